The Hall–Kier alpha value is -1.82. The van der Waals surface area contributed by atoms with E-state index in [1.165, 1.54) is 0 Å². The normalized spacial score (nSPS) is 16.1. The summed E-state index contributed by atoms with van der Waals surface area (Å²) in [4.78, 5) is 30.9. The number of alkyl halides is 8. The predicted octanol–water partition coefficient (Wildman–Crippen LogP) is 1.77. The van der Waals surface area contributed by atoms with Crippen LogP contribution in [0.5, 0.6) is 0 Å². The van der Waals surface area contributed by atoms with E-state index >= 15 is 0 Å². The summed E-state index contributed by atoms with van der Waals surface area (Å²) in [7, 11) is 0.101. The van der Waals surface area contributed by atoms with Crippen molar-refractivity contribution < 1.29 is 58.6 Å². The second kappa shape index (κ2) is 5.18. The molecule has 0 spiro atoms. The van der Waals surface area contributed by atoms with Crippen molar-refractivity contribution >= 4 is 17.8 Å². The van der Waals surface area contributed by atoms with Gasteiger partial charge in [0, 0.05) is 0 Å². The van der Waals surface area contributed by atoms with E-state index in [2.05, 4.69) is 4.74 Å². The molecule has 0 aliphatic rings. The van der Waals surface area contributed by atoms with Crippen molar-refractivity contribution in [3.05, 3.63) is 0 Å². The number of methoxy groups -OCH3 is 1. The number of esters is 1. The molecule has 0 fully saturated rings. The minimum atomic E-state index is -6.90. The molecule has 0 N–H and O–H groups in total. The molecule has 1 atom stereocenters. The molecule has 0 amide bonds. The number of ether oxygens (including phenoxy) is 1. The lowest BCUT2D eigenvalue weighted by Gasteiger charge is -2.29. The van der Waals surface area contributed by atoms with Gasteiger partial charge in [0.1, 0.15) is 0 Å². The zero-order valence-corrected chi connectivity index (χ0v) is 9.53. The molecule has 0 saturated carbocycles. The molecule has 21 heavy (non-hydrogen) atoms. The van der Waals surface area contributed by atoms with Crippen molar-refractivity contribution in [1.82, 2.24) is 0 Å². The first kappa shape index (κ1) is 19.2. The average Bonchev–Trinajstić information content (AvgIpc) is 2.33. The second-order valence-corrected chi connectivity index (χ2v) is 3.40. The smallest absolute Gasteiger partial charge is 0.440 e. The first-order chi connectivity index (χ1) is 9.08. The summed E-state index contributed by atoms with van der Waals surface area (Å²) in [5.41, 5.74) is -6.56. The summed E-state index contributed by atoms with van der Waals surface area (Å²) in [5.74, 6) is -20.6. The van der Waals surface area contributed by atoms with Gasteiger partial charge in [-0.05, 0) is 0 Å². The van der Waals surface area contributed by atoms with Crippen LogP contribution in [0.25, 0.3) is 0 Å². The SMILES string of the molecule is COC(=O)C(F)(F)C(F)(F)C(=O)C(F)(C(=O)F)C(F)(F)F. The third-order valence-corrected chi connectivity index (χ3v) is 2.10. The third kappa shape index (κ3) is 2.68. The highest BCUT2D eigenvalue weighted by molar-refractivity contribution is 6.12. The molecule has 4 nitrogen and oxygen atoms in total. The molecule has 0 aromatic heterocycles. The summed E-state index contributed by atoms with van der Waals surface area (Å²) in [6, 6.07) is -4.29. The zero-order valence-electron chi connectivity index (χ0n) is 9.53. The first-order valence-electron chi connectivity index (χ1n) is 4.43. The van der Waals surface area contributed by atoms with Gasteiger partial charge < -0.3 is 4.74 Å². The van der Waals surface area contributed by atoms with Crippen LogP contribution in [-0.4, -0.2) is 48.6 Å². The van der Waals surface area contributed by atoms with Crippen LogP contribution in [0.4, 0.5) is 39.5 Å². The lowest BCUT2D eigenvalue weighted by atomic mass is 9.92. The Morgan fingerprint density at radius 1 is 0.810 bits per heavy atom. The fraction of sp³-hybridized carbons (Fsp3) is 0.625. The Balaban J connectivity index is 6.11. The van der Waals surface area contributed by atoms with Crippen LogP contribution >= 0.6 is 0 Å². The molecule has 0 aromatic rings. The van der Waals surface area contributed by atoms with E-state index in [9.17, 15) is 53.9 Å². The van der Waals surface area contributed by atoms with Crippen LogP contribution < -0.4 is 0 Å². The molecule has 0 saturated heterocycles. The highest BCUT2D eigenvalue weighted by Crippen LogP contribution is 2.45. The van der Waals surface area contributed by atoms with Gasteiger partial charge in [-0.3, -0.25) is 9.59 Å². The molecule has 0 aromatic carbocycles. The van der Waals surface area contributed by atoms with Crippen molar-refractivity contribution in [1.29, 1.82) is 0 Å². The monoisotopic (exact) mass is 334 g/mol. The van der Waals surface area contributed by atoms with Gasteiger partial charge in [-0.15, -0.1) is 0 Å². The van der Waals surface area contributed by atoms with Crippen LogP contribution in [-0.2, 0) is 19.1 Å². The number of halogens is 9. The molecule has 0 radical (unpaired) electrons. The molecule has 122 valence electrons. The van der Waals surface area contributed by atoms with Crippen molar-refractivity contribution in [2.45, 2.75) is 23.7 Å². The Bertz CT molecular complexity index is 469. The Morgan fingerprint density at radius 2 is 1.19 bits per heavy atom. The number of hydrogen-bond acceptors (Lipinski definition) is 4. The molecule has 0 heterocycles. The quantitative estimate of drug-likeness (QED) is 0.333. The number of carbonyl (C=O) groups is 3. The maximum absolute atomic E-state index is 13.0. The van der Waals surface area contributed by atoms with Gasteiger partial charge in [0.15, 0.2) is 0 Å². The van der Waals surface area contributed by atoms with Crippen molar-refractivity contribution in [2.75, 3.05) is 7.11 Å². The second-order valence-electron chi connectivity index (χ2n) is 3.40. The van der Waals surface area contributed by atoms with E-state index in [4.69, 9.17) is 0 Å². The minimum absolute atomic E-state index is 0.101. The molecular weight excluding hydrogens is 331 g/mol. The summed E-state index contributed by atoms with van der Waals surface area (Å²) >= 11 is 0. The van der Waals surface area contributed by atoms with Crippen LogP contribution in [0.3, 0.4) is 0 Å². The fourth-order valence-corrected chi connectivity index (χ4v) is 0.945. The Morgan fingerprint density at radius 3 is 1.43 bits per heavy atom. The maximum atomic E-state index is 13.0. The number of hydrogen-bond donors (Lipinski definition) is 0. The molecular formula is C8H3F9O4. The zero-order chi connectivity index (χ0) is 17.4. The van der Waals surface area contributed by atoms with Crippen LogP contribution in [0, 0.1) is 0 Å². The third-order valence-electron chi connectivity index (χ3n) is 2.10. The van der Waals surface area contributed by atoms with E-state index in [0.29, 0.717) is 0 Å². The van der Waals surface area contributed by atoms with Gasteiger partial charge in [-0.1, -0.05) is 0 Å². The highest BCUT2D eigenvalue weighted by Gasteiger charge is 2.80. The van der Waals surface area contributed by atoms with E-state index in [0.717, 1.165) is 0 Å². The summed E-state index contributed by atoms with van der Waals surface area (Å²) < 4.78 is 116. The van der Waals surface area contributed by atoms with Crippen LogP contribution in [0.15, 0.2) is 0 Å². The lowest BCUT2D eigenvalue weighted by Crippen LogP contribution is -2.65. The number of rotatable bonds is 5. The Kier molecular flexibility index (Phi) is 4.73. The summed E-state index contributed by atoms with van der Waals surface area (Å²) in [6.07, 6.45) is -6.90. The molecule has 1 unspecified atom stereocenters. The number of Topliss-reactive ketones (excluding diaryl/α,β-unsaturated/α-hetero) is 1. The lowest BCUT2D eigenvalue weighted by molar-refractivity contribution is -0.255. The van der Waals surface area contributed by atoms with Gasteiger partial charge in [0.2, 0.25) is 0 Å². The van der Waals surface area contributed by atoms with Gasteiger partial charge in [0.25, 0.3) is 5.78 Å². The first-order valence-corrected chi connectivity index (χ1v) is 4.43. The topological polar surface area (TPSA) is 60.4 Å². The minimum Gasteiger partial charge on any atom is -0.464 e. The van der Waals surface area contributed by atoms with E-state index in [1.54, 1.807) is 0 Å². The van der Waals surface area contributed by atoms with Crippen LogP contribution in [0.1, 0.15) is 0 Å². The molecule has 0 bridgehead atoms. The predicted molar refractivity (Wildman–Crippen MR) is 42.9 cm³/mol. The summed E-state index contributed by atoms with van der Waals surface area (Å²) in [6.45, 7) is 0. The van der Waals surface area contributed by atoms with E-state index in [1.807, 2.05) is 0 Å². The van der Waals surface area contributed by atoms with E-state index < -0.39 is 41.5 Å². The Labute approximate surface area is 108 Å². The molecule has 0 aliphatic carbocycles. The van der Waals surface area contributed by atoms with Gasteiger partial charge in [-0.2, -0.15) is 35.1 Å². The van der Waals surface area contributed by atoms with Gasteiger partial charge >= 0.3 is 35.7 Å². The molecule has 13 heteroatoms. The highest BCUT2D eigenvalue weighted by atomic mass is 19.4. The number of ketones is 1. The average molecular weight is 334 g/mol. The standard InChI is InChI=1S/C8H3F9O4/c1-21-4(20)7(13,14)6(11,12)2(18)5(10,3(9)19)8(15,16)17/h1H3. The number of carbonyl (C=O) groups excluding carboxylic acids is 3. The van der Waals surface area contributed by atoms with Crippen LogP contribution in [0.2, 0.25) is 0 Å². The van der Waals surface area contributed by atoms with Gasteiger partial charge in [0.05, 0.1) is 7.11 Å². The van der Waals surface area contributed by atoms with Gasteiger partial charge in [-0.25, -0.2) is 9.18 Å². The fourth-order valence-electron chi connectivity index (χ4n) is 0.945. The van der Waals surface area contributed by atoms with Crippen molar-refractivity contribution in [2.24, 2.45) is 0 Å². The largest absolute Gasteiger partial charge is 0.464 e. The molecule has 0 rings (SSSR count). The maximum Gasteiger partial charge on any atom is 0.440 e. The molecule has 0 aliphatic heterocycles. The van der Waals surface area contributed by atoms with E-state index in [-0.39, 0.29) is 7.11 Å². The van der Waals surface area contributed by atoms with Crippen molar-refractivity contribution in [3.63, 3.8) is 0 Å². The van der Waals surface area contributed by atoms with Crippen molar-refractivity contribution in [3.8, 4) is 0 Å². The summed E-state index contributed by atoms with van der Waals surface area (Å²) in [5, 5.41) is 0.